The molecule has 1 aromatic heterocycles. The number of sulfonamides is 1. The van der Waals surface area contributed by atoms with Gasteiger partial charge in [0, 0.05) is 11.6 Å². The zero-order chi connectivity index (χ0) is 14.1. The predicted octanol–water partition coefficient (Wildman–Crippen LogP) is 1.92. The minimum atomic E-state index is -3.69. The predicted molar refractivity (Wildman–Crippen MR) is 75.0 cm³/mol. The van der Waals surface area contributed by atoms with Crippen LogP contribution < -0.4 is 4.72 Å². The molecule has 1 aromatic carbocycles. The third-order valence-electron chi connectivity index (χ3n) is 2.65. The average molecular weight is 274 g/mol. The molecule has 4 nitrogen and oxygen atoms in total. The van der Waals surface area contributed by atoms with Crippen LogP contribution in [0, 0.1) is 12.3 Å². The molecule has 2 rings (SSSR count). The van der Waals surface area contributed by atoms with Gasteiger partial charge in [0.1, 0.15) is 0 Å². The molecule has 0 bridgehead atoms. The van der Waals surface area contributed by atoms with Gasteiger partial charge in [-0.3, -0.25) is 4.98 Å². The molecule has 1 heterocycles. The second-order valence-corrected chi connectivity index (χ2v) is 6.35. The molecule has 0 unspecified atom stereocenters. The van der Waals surface area contributed by atoms with Crippen LogP contribution in [0.2, 0.25) is 0 Å². The van der Waals surface area contributed by atoms with Crippen molar-refractivity contribution in [1.29, 1.82) is 0 Å². The van der Waals surface area contributed by atoms with Gasteiger partial charge < -0.3 is 0 Å². The first-order valence-electron chi connectivity index (χ1n) is 5.71. The normalized spacial score (nSPS) is 12.3. The van der Waals surface area contributed by atoms with Gasteiger partial charge in [-0.05, 0) is 38.1 Å². The summed E-state index contributed by atoms with van der Waals surface area (Å²) in [4.78, 5) is 4.32. The van der Waals surface area contributed by atoms with E-state index in [2.05, 4.69) is 15.6 Å². The maximum Gasteiger partial charge on any atom is 0.242 e. The minimum absolute atomic E-state index is 0.182. The van der Waals surface area contributed by atoms with Crippen LogP contribution in [-0.2, 0) is 10.0 Å². The highest BCUT2D eigenvalue weighted by molar-refractivity contribution is 7.89. The second-order valence-electron chi connectivity index (χ2n) is 4.70. The van der Waals surface area contributed by atoms with E-state index in [0.29, 0.717) is 10.9 Å². The Labute approximate surface area is 112 Å². The molecule has 1 N–H and O–H groups in total. The summed E-state index contributed by atoms with van der Waals surface area (Å²) in [6, 6.07) is 8.39. The van der Waals surface area contributed by atoms with Crippen molar-refractivity contribution in [2.45, 2.75) is 24.3 Å². The number of fused-ring (bicyclic) bond motifs is 1. The molecule has 0 atom stereocenters. The molecule has 0 aliphatic heterocycles. The topological polar surface area (TPSA) is 59.1 Å². The Morgan fingerprint density at radius 3 is 2.68 bits per heavy atom. The number of terminal acetylenes is 1. The molecule has 0 saturated heterocycles. The van der Waals surface area contributed by atoms with Crippen molar-refractivity contribution in [3.63, 3.8) is 0 Å². The molecule has 0 saturated carbocycles. The molecule has 0 aliphatic rings. The van der Waals surface area contributed by atoms with Crippen LogP contribution in [0.5, 0.6) is 0 Å². The van der Waals surface area contributed by atoms with Gasteiger partial charge in [0.15, 0.2) is 0 Å². The lowest BCUT2D eigenvalue weighted by Gasteiger charge is -2.20. The van der Waals surface area contributed by atoms with Crippen molar-refractivity contribution in [2.75, 3.05) is 0 Å². The van der Waals surface area contributed by atoms with E-state index in [9.17, 15) is 8.42 Å². The Kier molecular flexibility index (Phi) is 3.31. The van der Waals surface area contributed by atoms with E-state index in [1.54, 1.807) is 50.4 Å². The number of nitrogens with zero attached hydrogens (tertiary/aromatic N) is 1. The number of nitrogens with one attached hydrogen (secondary N) is 1. The molecule has 0 spiro atoms. The number of pyridine rings is 1. The maximum atomic E-state index is 12.4. The Balaban J connectivity index is 2.59. The van der Waals surface area contributed by atoms with Crippen LogP contribution in [0.25, 0.3) is 10.9 Å². The van der Waals surface area contributed by atoms with Crippen LogP contribution >= 0.6 is 0 Å². The highest BCUT2D eigenvalue weighted by Crippen LogP contribution is 2.22. The lowest BCUT2D eigenvalue weighted by Crippen LogP contribution is -2.42. The number of aromatic nitrogens is 1. The average Bonchev–Trinajstić information content (AvgIpc) is 2.37. The highest BCUT2D eigenvalue weighted by atomic mass is 32.2. The quantitative estimate of drug-likeness (QED) is 0.870. The summed E-state index contributed by atoms with van der Waals surface area (Å²) < 4.78 is 27.3. The third kappa shape index (κ3) is 2.75. The van der Waals surface area contributed by atoms with Gasteiger partial charge >= 0.3 is 0 Å². The molecule has 0 amide bonds. The fourth-order valence-electron chi connectivity index (χ4n) is 1.73. The Bertz CT molecular complexity index is 753. The highest BCUT2D eigenvalue weighted by Gasteiger charge is 2.25. The Hall–Kier alpha value is -1.90. The molecular weight excluding hydrogens is 260 g/mol. The summed E-state index contributed by atoms with van der Waals surface area (Å²) in [5.74, 6) is 2.41. The molecule has 0 aliphatic carbocycles. The summed E-state index contributed by atoms with van der Waals surface area (Å²) >= 11 is 0. The Morgan fingerprint density at radius 2 is 2.00 bits per heavy atom. The van der Waals surface area contributed by atoms with E-state index < -0.39 is 15.6 Å². The number of hydrogen-bond donors (Lipinski definition) is 1. The lowest BCUT2D eigenvalue weighted by atomic mass is 10.1. The first-order chi connectivity index (χ1) is 8.86. The fourth-order valence-corrected chi connectivity index (χ4v) is 3.29. The van der Waals surface area contributed by atoms with E-state index in [4.69, 9.17) is 6.42 Å². The summed E-state index contributed by atoms with van der Waals surface area (Å²) in [5, 5.41) is 0.574. The van der Waals surface area contributed by atoms with Crippen LogP contribution in [0.1, 0.15) is 13.8 Å². The second kappa shape index (κ2) is 4.65. The van der Waals surface area contributed by atoms with Gasteiger partial charge in [0.05, 0.1) is 16.0 Å². The molecular formula is C14H14N2O2S. The van der Waals surface area contributed by atoms with Crippen molar-refractivity contribution < 1.29 is 8.42 Å². The van der Waals surface area contributed by atoms with E-state index in [1.807, 2.05) is 0 Å². The van der Waals surface area contributed by atoms with Gasteiger partial charge in [-0.15, -0.1) is 6.42 Å². The van der Waals surface area contributed by atoms with Crippen LogP contribution in [-0.4, -0.2) is 18.9 Å². The van der Waals surface area contributed by atoms with Crippen molar-refractivity contribution in [1.82, 2.24) is 9.71 Å². The fraction of sp³-hybridized carbons (Fsp3) is 0.214. The molecule has 2 aromatic rings. The lowest BCUT2D eigenvalue weighted by molar-refractivity contribution is 0.540. The SMILES string of the molecule is C#CC(C)(C)NS(=O)(=O)c1cccc2ncccc12. The smallest absolute Gasteiger partial charge is 0.242 e. The third-order valence-corrected chi connectivity index (χ3v) is 4.36. The maximum absolute atomic E-state index is 12.4. The summed E-state index contributed by atoms with van der Waals surface area (Å²) in [7, 11) is -3.69. The first kappa shape index (κ1) is 13.5. The van der Waals surface area contributed by atoms with E-state index >= 15 is 0 Å². The molecule has 5 heteroatoms. The number of benzene rings is 1. The van der Waals surface area contributed by atoms with Crippen LogP contribution in [0.15, 0.2) is 41.4 Å². The Morgan fingerprint density at radius 1 is 1.26 bits per heavy atom. The summed E-state index contributed by atoms with van der Waals surface area (Å²) in [5.41, 5.74) is -0.313. The summed E-state index contributed by atoms with van der Waals surface area (Å²) in [6.07, 6.45) is 6.94. The largest absolute Gasteiger partial charge is 0.256 e. The van der Waals surface area contributed by atoms with Crippen LogP contribution in [0.4, 0.5) is 0 Å². The number of rotatable bonds is 3. The van der Waals surface area contributed by atoms with Crippen molar-refractivity contribution in [3.8, 4) is 12.3 Å². The van der Waals surface area contributed by atoms with E-state index in [1.165, 1.54) is 0 Å². The van der Waals surface area contributed by atoms with E-state index in [0.717, 1.165) is 0 Å². The van der Waals surface area contributed by atoms with E-state index in [-0.39, 0.29) is 4.90 Å². The molecule has 98 valence electrons. The van der Waals surface area contributed by atoms with Gasteiger partial charge in [-0.25, -0.2) is 8.42 Å². The zero-order valence-electron chi connectivity index (χ0n) is 10.7. The van der Waals surface area contributed by atoms with Gasteiger partial charge in [0.25, 0.3) is 0 Å². The monoisotopic (exact) mass is 274 g/mol. The van der Waals surface area contributed by atoms with Crippen LogP contribution in [0.3, 0.4) is 0 Å². The van der Waals surface area contributed by atoms with Crippen molar-refractivity contribution in [2.24, 2.45) is 0 Å². The standard InChI is InChI=1S/C14H14N2O2S/c1-4-14(2,3)16-19(17,18)13-9-5-8-12-11(13)7-6-10-15-12/h1,5-10,16H,2-3H3. The molecule has 19 heavy (non-hydrogen) atoms. The number of hydrogen-bond acceptors (Lipinski definition) is 3. The van der Waals surface area contributed by atoms with Gasteiger partial charge in [-0.2, -0.15) is 4.72 Å². The first-order valence-corrected chi connectivity index (χ1v) is 7.19. The van der Waals surface area contributed by atoms with Gasteiger partial charge in [0.2, 0.25) is 10.0 Å². The minimum Gasteiger partial charge on any atom is -0.256 e. The van der Waals surface area contributed by atoms with Gasteiger partial charge in [-0.1, -0.05) is 12.0 Å². The molecule has 0 radical (unpaired) electrons. The van der Waals surface area contributed by atoms with Crippen molar-refractivity contribution in [3.05, 3.63) is 36.5 Å². The summed E-state index contributed by atoms with van der Waals surface area (Å²) in [6.45, 7) is 3.27. The van der Waals surface area contributed by atoms with Crippen molar-refractivity contribution >= 4 is 20.9 Å². The molecule has 0 fully saturated rings. The zero-order valence-corrected chi connectivity index (χ0v) is 11.5.